The molecule has 1 aromatic heterocycles. The molecule has 0 saturated heterocycles. The van der Waals surface area contributed by atoms with Crippen LogP contribution in [0.15, 0.2) is 47.2 Å². The smallest absolute Gasteiger partial charge is 0.257 e. The Kier molecular flexibility index (Phi) is 3.54. The summed E-state index contributed by atoms with van der Waals surface area (Å²) in [6.45, 7) is 2.00. The van der Waals surface area contributed by atoms with Gasteiger partial charge in [-0.3, -0.25) is 9.78 Å². The third-order valence-corrected chi connectivity index (χ3v) is 3.21. The minimum absolute atomic E-state index is 0.158. The minimum atomic E-state index is -0.158. The Bertz CT molecular complexity index is 540. The van der Waals surface area contributed by atoms with Gasteiger partial charge in [0.1, 0.15) is 0 Å². The standard InChI is InChI=1S/C13H11BrN2O/c1-9-4-5-11(7-12(9)14)16-13(17)10-3-2-6-15-8-10/h2-8H,1H3,(H,16,17). The number of nitrogens with one attached hydrogen (secondary N) is 1. The van der Waals surface area contributed by atoms with Crippen LogP contribution in [-0.2, 0) is 0 Å². The lowest BCUT2D eigenvalue weighted by atomic mass is 10.2. The Labute approximate surface area is 108 Å². The number of anilines is 1. The Morgan fingerprint density at radius 1 is 1.35 bits per heavy atom. The molecule has 0 aliphatic rings. The predicted octanol–water partition coefficient (Wildman–Crippen LogP) is 3.40. The van der Waals surface area contributed by atoms with Crippen molar-refractivity contribution in [2.24, 2.45) is 0 Å². The van der Waals surface area contributed by atoms with Crippen molar-refractivity contribution in [3.63, 3.8) is 0 Å². The van der Waals surface area contributed by atoms with Gasteiger partial charge in [-0.05, 0) is 36.8 Å². The molecule has 0 fully saturated rings. The maximum Gasteiger partial charge on any atom is 0.257 e. The van der Waals surface area contributed by atoms with Crippen LogP contribution in [0.5, 0.6) is 0 Å². The van der Waals surface area contributed by atoms with Crippen LogP contribution < -0.4 is 5.32 Å². The number of hydrogen-bond donors (Lipinski definition) is 1. The van der Waals surface area contributed by atoms with Gasteiger partial charge in [0.15, 0.2) is 0 Å². The molecule has 0 bridgehead atoms. The normalized spacial score (nSPS) is 10.0. The lowest BCUT2D eigenvalue weighted by Gasteiger charge is -2.06. The molecule has 0 atom stereocenters. The second-order valence-electron chi connectivity index (χ2n) is 3.66. The topological polar surface area (TPSA) is 42.0 Å². The molecule has 0 aliphatic heterocycles. The van der Waals surface area contributed by atoms with E-state index in [-0.39, 0.29) is 5.91 Å². The molecule has 1 amide bonds. The number of hydrogen-bond acceptors (Lipinski definition) is 2. The highest BCUT2D eigenvalue weighted by Crippen LogP contribution is 2.20. The van der Waals surface area contributed by atoms with E-state index in [1.54, 1.807) is 24.5 Å². The summed E-state index contributed by atoms with van der Waals surface area (Å²) in [4.78, 5) is 15.8. The van der Waals surface area contributed by atoms with E-state index in [1.165, 1.54) is 0 Å². The van der Waals surface area contributed by atoms with Crippen molar-refractivity contribution >= 4 is 27.5 Å². The van der Waals surface area contributed by atoms with Gasteiger partial charge < -0.3 is 5.32 Å². The summed E-state index contributed by atoms with van der Waals surface area (Å²) in [7, 11) is 0. The number of carbonyl (C=O) groups excluding carboxylic acids is 1. The molecule has 0 aliphatic carbocycles. The molecule has 1 heterocycles. The first-order valence-electron chi connectivity index (χ1n) is 5.14. The predicted molar refractivity (Wildman–Crippen MR) is 71.1 cm³/mol. The highest BCUT2D eigenvalue weighted by Gasteiger charge is 2.06. The molecule has 17 heavy (non-hydrogen) atoms. The number of amides is 1. The van der Waals surface area contributed by atoms with E-state index in [0.717, 1.165) is 15.7 Å². The van der Waals surface area contributed by atoms with Crippen LogP contribution in [0.2, 0.25) is 0 Å². The summed E-state index contributed by atoms with van der Waals surface area (Å²) in [5.74, 6) is -0.158. The summed E-state index contributed by atoms with van der Waals surface area (Å²) in [5.41, 5.74) is 2.44. The van der Waals surface area contributed by atoms with Crippen LogP contribution in [0.4, 0.5) is 5.69 Å². The fourth-order valence-corrected chi connectivity index (χ4v) is 1.75. The van der Waals surface area contributed by atoms with Gasteiger partial charge in [-0.25, -0.2) is 0 Å². The van der Waals surface area contributed by atoms with Crippen molar-refractivity contribution in [2.45, 2.75) is 6.92 Å². The van der Waals surface area contributed by atoms with E-state index < -0.39 is 0 Å². The molecular formula is C13H11BrN2O. The maximum atomic E-state index is 11.8. The molecule has 1 aromatic carbocycles. The number of aryl methyl sites for hydroxylation is 1. The summed E-state index contributed by atoms with van der Waals surface area (Å²) in [5, 5.41) is 2.82. The number of benzene rings is 1. The third-order valence-electron chi connectivity index (χ3n) is 2.35. The van der Waals surface area contributed by atoms with Crippen molar-refractivity contribution in [1.82, 2.24) is 4.98 Å². The largest absolute Gasteiger partial charge is 0.322 e. The Hall–Kier alpha value is -1.68. The van der Waals surface area contributed by atoms with Crippen molar-refractivity contribution in [3.05, 3.63) is 58.3 Å². The minimum Gasteiger partial charge on any atom is -0.322 e. The molecule has 2 rings (SSSR count). The first-order valence-corrected chi connectivity index (χ1v) is 5.93. The van der Waals surface area contributed by atoms with Crippen LogP contribution >= 0.6 is 15.9 Å². The van der Waals surface area contributed by atoms with Gasteiger partial charge in [-0.2, -0.15) is 0 Å². The van der Waals surface area contributed by atoms with Gasteiger partial charge in [-0.1, -0.05) is 22.0 Å². The van der Waals surface area contributed by atoms with Gasteiger partial charge in [-0.15, -0.1) is 0 Å². The summed E-state index contributed by atoms with van der Waals surface area (Å²) in [6, 6.07) is 9.16. The van der Waals surface area contributed by atoms with E-state index in [9.17, 15) is 4.79 Å². The number of aromatic nitrogens is 1. The molecule has 0 unspecified atom stereocenters. The average Bonchev–Trinajstić information content (AvgIpc) is 2.35. The molecule has 0 saturated carbocycles. The van der Waals surface area contributed by atoms with E-state index in [4.69, 9.17) is 0 Å². The quantitative estimate of drug-likeness (QED) is 0.921. The van der Waals surface area contributed by atoms with Gasteiger partial charge in [0.2, 0.25) is 0 Å². The van der Waals surface area contributed by atoms with E-state index in [1.807, 2.05) is 25.1 Å². The SMILES string of the molecule is Cc1ccc(NC(=O)c2cccnc2)cc1Br. The number of nitrogens with zero attached hydrogens (tertiary/aromatic N) is 1. The van der Waals surface area contributed by atoms with Crippen LogP contribution in [0.25, 0.3) is 0 Å². The lowest BCUT2D eigenvalue weighted by Crippen LogP contribution is -2.11. The summed E-state index contributed by atoms with van der Waals surface area (Å²) in [6.07, 6.45) is 3.18. The van der Waals surface area contributed by atoms with E-state index in [0.29, 0.717) is 5.56 Å². The van der Waals surface area contributed by atoms with Crippen LogP contribution in [-0.4, -0.2) is 10.9 Å². The molecule has 0 spiro atoms. The first-order chi connectivity index (χ1) is 8.16. The fourth-order valence-electron chi connectivity index (χ4n) is 1.37. The van der Waals surface area contributed by atoms with Crippen molar-refractivity contribution in [1.29, 1.82) is 0 Å². The molecule has 0 radical (unpaired) electrons. The Morgan fingerprint density at radius 2 is 2.18 bits per heavy atom. The van der Waals surface area contributed by atoms with E-state index in [2.05, 4.69) is 26.2 Å². The lowest BCUT2D eigenvalue weighted by molar-refractivity contribution is 0.102. The molecular weight excluding hydrogens is 280 g/mol. The monoisotopic (exact) mass is 290 g/mol. The zero-order valence-corrected chi connectivity index (χ0v) is 10.9. The van der Waals surface area contributed by atoms with Crippen molar-refractivity contribution in [2.75, 3.05) is 5.32 Å². The number of carbonyl (C=O) groups is 1. The highest BCUT2D eigenvalue weighted by molar-refractivity contribution is 9.10. The van der Waals surface area contributed by atoms with Crippen molar-refractivity contribution in [3.8, 4) is 0 Å². The third kappa shape index (κ3) is 2.91. The molecule has 86 valence electrons. The van der Waals surface area contributed by atoms with Gasteiger partial charge in [0, 0.05) is 22.6 Å². The number of pyridine rings is 1. The van der Waals surface area contributed by atoms with E-state index >= 15 is 0 Å². The zero-order chi connectivity index (χ0) is 12.3. The van der Waals surface area contributed by atoms with Gasteiger partial charge in [0.05, 0.1) is 5.56 Å². The second kappa shape index (κ2) is 5.10. The number of rotatable bonds is 2. The fraction of sp³-hybridized carbons (Fsp3) is 0.0769. The van der Waals surface area contributed by atoms with Gasteiger partial charge in [0.25, 0.3) is 5.91 Å². The van der Waals surface area contributed by atoms with Crippen LogP contribution in [0.1, 0.15) is 15.9 Å². The summed E-state index contributed by atoms with van der Waals surface area (Å²) < 4.78 is 0.974. The van der Waals surface area contributed by atoms with Crippen LogP contribution in [0, 0.1) is 6.92 Å². The molecule has 1 N–H and O–H groups in total. The molecule has 3 nitrogen and oxygen atoms in total. The Balaban J connectivity index is 2.16. The second-order valence-corrected chi connectivity index (χ2v) is 4.51. The maximum absolute atomic E-state index is 11.8. The van der Waals surface area contributed by atoms with Gasteiger partial charge >= 0.3 is 0 Å². The highest BCUT2D eigenvalue weighted by atomic mass is 79.9. The zero-order valence-electron chi connectivity index (χ0n) is 9.27. The first kappa shape index (κ1) is 11.8. The number of halogens is 1. The molecule has 2 aromatic rings. The van der Waals surface area contributed by atoms with Crippen LogP contribution in [0.3, 0.4) is 0 Å². The Morgan fingerprint density at radius 3 is 2.82 bits per heavy atom. The molecule has 4 heteroatoms. The average molecular weight is 291 g/mol. The summed E-state index contributed by atoms with van der Waals surface area (Å²) >= 11 is 3.43. The van der Waals surface area contributed by atoms with Crippen molar-refractivity contribution < 1.29 is 4.79 Å².